The number of benzene rings is 3. The lowest BCUT2D eigenvalue weighted by Crippen LogP contribution is -2.47. The van der Waals surface area contributed by atoms with Crippen LogP contribution in [0, 0.1) is 0 Å². The van der Waals surface area contributed by atoms with Crippen LogP contribution in [0.5, 0.6) is 11.5 Å². The van der Waals surface area contributed by atoms with Crippen molar-refractivity contribution >= 4 is 16.8 Å². The summed E-state index contributed by atoms with van der Waals surface area (Å²) in [7, 11) is 5.34. The lowest BCUT2D eigenvalue weighted by molar-refractivity contribution is 0.0664. The predicted octanol–water partition coefficient (Wildman–Crippen LogP) is 4.37. The van der Waals surface area contributed by atoms with Crippen molar-refractivity contribution in [1.82, 2.24) is 19.8 Å². The SMILES string of the molecule is COc1ccc(-c2ccc3ncnc(-c4cccc(C(=O)N5CCN(C)CC5)c4)c3c2)cc1OC. The van der Waals surface area contributed by atoms with Gasteiger partial charge in [0.15, 0.2) is 11.5 Å². The number of carbonyl (C=O) groups is 1. The molecule has 0 spiro atoms. The second kappa shape index (κ2) is 9.72. The highest BCUT2D eigenvalue weighted by atomic mass is 16.5. The fraction of sp³-hybridized carbons (Fsp3) is 0.250. The van der Waals surface area contributed by atoms with Crippen LogP contribution in [0.15, 0.2) is 67.0 Å². The van der Waals surface area contributed by atoms with Crippen molar-refractivity contribution < 1.29 is 14.3 Å². The Morgan fingerprint density at radius 2 is 1.54 bits per heavy atom. The Bertz CT molecular complexity index is 1380. The third kappa shape index (κ3) is 4.55. The van der Waals surface area contributed by atoms with Crippen molar-refractivity contribution in [1.29, 1.82) is 0 Å². The first-order chi connectivity index (χ1) is 17.1. The monoisotopic (exact) mass is 468 g/mol. The second-order valence-electron chi connectivity index (χ2n) is 8.70. The first-order valence-electron chi connectivity index (χ1n) is 11.6. The van der Waals surface area contributed by atoms with Gasteiger partial charge >= 0.3 is 0 Å². The molecule has 35 heavy (non-hydrogen) atoms. The molecule has 1 aliphatic heterocycles. The Hall–Kier alpha value is -3.97. The average molecular weight is 469 g/mol. The molecule has 1 saturated heterocycles. The van der Waals surface area contributed by atoms with Gasteiger partial charge in [-0.25, -0.2) is 9.97 Å². The van der Waals surface area contributed by atoms with Crippen LogP contribution in [-0.4, -0.2) is 73.1 Å². The van der Waals surface area contributed by atoms with Gasteiger partial charge in [0.1, 0.15) is 6.33 Å². The molecule has 0 atom stereocenters. The Morgan fingerprint density at radius 1 is 0.800 bits per heavy atom. The summed E-state index contributed by atoms with van der Waals surface area (Å²) < 4.78 is 10.9. The molecule has 7 heteroatoms. The van der Waals surface area contributed by atoms with Gasteiger partial charge in [-0.1, -0.05) is 24.3 Å². The molecule has 0 radical (unpaired) electrons. The minimum atomic E-state index is 0.0596. The van der Waals surface area contributed by atoms with Gasteiger partial charge in [0.2, 0.25) is 0 Å². The highest BCUT2D eigenvalue weighted by molar-refractivity contribution is 5.98. The third-order valence-electron chi connectivity index (χ3n) is 6.53. The molecular formula is C28H28N4O3. The van der Waals surface area contributed by atoms with Crippen LogP contribution in [-0.2, 0) is 0 Å². The number of hydrogen-bond acceptors (Lipinski definition) is 6. The van der Waals surface area contributed by atoms with Crippen LogP contribution in [0.25, 0.3) is 33.3 Å². The largest absolute Gasteiger partial charge is 0.493 e. The molecule has 0 unspecified atom stereocenters. The molecule has 0 aliphatic carbocycles. The predicted molar refractivity (Wildman–Crippen MR) is 137 cm³/mol. The van der Waals surface area contributed by atoms with Gasteiger partial charge in [-0.15, -0.1) is 0 Å². The molecule has 178 valence electrons. The number of rotatable bonds is 5. The first kappa shape index (κ1) is 22.8. The number of hydrogen-bond donors (Lipinski definition) is 0. The number of ether oxygens (including phenoxy) is 2. The Morgan fingerprint density at radius 3 is 2.31 bits per heavy atom. The summed E-state index contributed by atoms with van der Waals surface area (Å²) >= 11 is 0. The molecule has 2 heterocycles. The Labute approximate surface area is 204 Å². The van der Waals surface area contributed by atoms with E-state index in [-0.39, 0.29) is 5.91 Å². The van der Waals surface area contributed by atoms with Gasteiger partial charge in [-0.05, 0) is 54.6 Å². The van der Waals surface area contributed by atoms with E-state index in [0.29, 0.717) is 17.1 Å². The number of methoxy groups -OCH3 is 2. The summed E-state index contributed by atoms with van der Waals surface area (Å²) in [5.74, 6) is 1.41. The van der Waals surface area contributed by atoms with Crippen molar-refractivity contribution in [2.24, 2.45) is 0 Å². The molecule has 7 nitrogen and oxygen atoms in total. The molecule has 3 aromatic carbocycles. The maximum Gasteiger partial charge on any atom is 0.253 e. The van der Waals surface area contributed by atoms with Crippen molar-refractivity contribution in [3.63, 3.8) is 0 Å². The standard InChI is InChI=1S/C28H28N4O3/c1-31-11-13-32(14-12-31)28(33)22-6-4-5-21(15-22)27-23-16-19(7-9-24(23)29-18-30-27)20-8-10-25(34-2)26(17-20)35-3/h4-10,15-18H,11-14H2,1-3H3. The topological polar surface area (TPSA) is 67.8 Å². The van der Waals surface area contributed by atoms with Crippen LogP contribution in [0.1, 0.15) is 10.4 Å². The third-order valence-corrected chi connectivity index (χ3v) is 6.53. The maximum absolute atomic E-state index is 13.2. The summed E-state index contributed by atoms with van der Waals surface area (Å²) in [6, 6.07) is 19.7. The van der Waals surface area contributed by atoms with Crippen LogP contribution in [0.2, 0.25) is 0 Å². The lowest BCUT2D eigenvalue weighted by atomic mass is 9.99. The molecular weight excluding hydrogens is 440 g/mol. The van der Waals surface area contributed by atoms with Gasteiger partial charge in [0.05, 0.1) is 25.4 Å². The van der Waals surface area contributed by atoms with E-state index in [1.165, 1.54) is 0 Å². The Kier molecular flexibility index (Phi) is 6.33. The minimum Gasteiger partial charge on any atom is -0.493 e. The molecule has 5 rings (SSSR count). The van der Waals surface area contributed by atoms with Gasteiger partial charge in [0.25, 0.3) is 5.91 Å². The molecule has 1 aromatic heterocycles. The van der Waals surface area contributed by atoms with Gasteiger partial charge in [-0.2, -0.15) is 0 Å². The van der Waals surface area contributed by atoms with E-state index in [1.807, 2.05) is 59.5 Å². The van der Waals surface area contributed by atoms with E-state index in [9.17, 15) is 4.79 Å². The molecule has 0 N–H and O–H groups in total. The van der Waals surface area contributed by atoms with Crippen molar-refractivity contribution in [3.05, 3.63) is 72.6 Å². The average Bonchev–Trinajstić information content (AvgIpc) is 2.92. The van der Waals surface area contributed by atoms with E-state index in [2.05, 4.69) is 28.0 Å². The van der Waals surface area contributed by atoms with E-state index in [1.54, 1.807) is 20.5 Å². The smallest absolute Gasteiger partial charge is 0.253 e. The number of likely N-dealkylation sites (N-methyl/N-ethyl adjacent to an activating group) is 1. The zero-order valence-corrected chi connectivity index (χ0v) is 20.2. The van der Waals surface area contributed by atoms with Crippen LogP contribution in [0.3, 0.4) is 0 Å². The molecule has 0 bridgehead atoms. The molecule has 1 aliphatic rings. The summed E-state index contributed by atoms with van der Waals surface area (Å²) in [6.07, 6.45) is 1.57. The summed E-state index contributed by atoms with van der Waals surface area (Å²) in [4.78, 5) is 26.4. The number of aromatic nitrogens is 2. The normalized spacial score (nSPS) is 14.2. The molecule has 0 saturated carbocycles. The number of fused-ring (bicyclic) bond motifs is 1. The quantitative estimate of drug-likeness (QED) is 0.433. The van der Waals surface area contributed by atoms with E-state index in [4.69, 9.17) is 9.47 Å². The zero-order valence-electron chi connectivity index (χ0n) is 20.2. The van der Waals surface area contributed by atoms with Crippen LogP contribution >= 0.6 is 0 Å². The van der Waals surface area contributed by atoms with E-state index in [0.717, 1.165) is 59.5 Å². The van der Waals surface area contributed by atoms with Crippen molar-refractivity contribution in [2.75, 3.05) is 47.4 Å². The maximum atomic E-state index is 13.2. The molecule has 1 amide bonds. The zero-order chi connectivity index (χ0) is 24.4. The second-order valence-corrected chi connectivity index (χ2v) is 8.70. The summed E-state index contributed by atoms with van der Waals surface area (Å²) in [5.41, 5.74) is 5.22. The van der Waals surface area contributed by atoms with E-state index < -0.39 is 0 Å². The lowest BCUT2D eigenvalue weighted by Gasteiger charge is -2.32. The van der Waals surface area contributed by atoms with Gasteiger partial charge in [0, 0.05) is 42.7 Å². The van der Waals surface area contributed by atoms with Crippen LogP contribution < -0.4 is 9.47 Å². The number of piperazine rings is 1. The van der Waals surface area contributed by atoms with E-state index >= 15 is 0 Å². The molecule has 1 fully saturated rings. The highest BCUT2D eigenvalue weighted by Crippen LogP contribution is 2.35. The van der Waals surface area contributed by atoms with Crippen molar-refractivity contribution in [3.8, 4) is 33.9 Å². The number of nitrogens with zero attached hydrogens (tertiary/aromatic N) is 4. The van der Waals surface area contributed by atoms with Gasteiger partial charge < -0.3 is 19.3 Å². The number of amides is 1. The number of carbonyl (C=O) groups excluding carboxylic acids is 1. The summed E-state index contributed by atoms with van der Waals surface area (Å²) in [6.45, 7) is 3.26. The first-order valence-corrected chi connectivity index (χ1v) is 11.6. The van der Waals surface area contributed by atoms with Crippen LogP contribution in [0.4, 0.5) is 0 Å². The fourth-order valence-electron chi connectivity index (χ4n) is 4.47. The fourth-order valence-corrected chi connectivity index (χ4v) is 4.47. The highest BCUT2D eigenvalue weighted by Gasteiger charge is 2.21. The Balaban J connectivity index is 1.53. The summed E-state index contributed by atoms with van der Waals surface area (Å²) in [5, 5.41) is 0.920. The van der Waals surface area contributed by atoms with Crippen molar-refractivity contribution in [2.45, 2.75) is 0 Å². The molecule has 4 aromatic rings. The van der Waals surface area contributed by atoms with Gasteiger partial charge in [-0.3, -0.25) is 4.79 Å². The minimum absolute atomic E-state index is 0.0596.